The minimum Gasteiger partial charge on any atom is -0.480 e. The molecule has 2 aromatic rings. The van der Waals surface area contributed by atoms with E-state index in [1.54, 1.807) is 0 Å². The van der Waals surface area contributed by atoms with Crippen molar-refractivity contribution in [1.29, 1.82) is 0 Å². The molecule has 1 unspecified atom stereocenters. The summed E-state index contributed by atoms with van der Waals surface area (Å²) in [5.41, 5.74) is 3.23. The van der Waals surface area contributed by atoms with E-state index in [0.717, 1.165) is 48.5 Å². The number of aromatic nitrogens is 2. The van der Waals surface area contributed by atoms with E-state index in [4.69, 9.17) is 26.4 Å². The molecule has 0 saturated heterocycles. The van der Waals surface area contributed by atoms with Crippen LogP contribution in [0.3, 0.4) is 0 Å². The summed E-state index contributed by atoms with van der Waals surface area (Å²) < 4.78 is 7.98. The fourth-order valence-electron chi connectivity index (χ4n) is 3.55. The second-order valence-electron chi connectivity index (χ2n) is 7.11. The Kier molecular flexibility index (Phi) is 5.99. The standard InChI is InChI=1S/C20H25ClN2O3/c1-13(2)20-22-16-5-3-4-6-17(26-12-18(24)25)19(16)23(20)11-14-7-9-15(21)10-8-14/h7-10,13,17H,3-6,11-12H2,1-2H3,(H,24,25). The van der Waals surface area contributed by atoms with Crippen LogP contribution < -0.4 is 0 Å². The first-order valence-electron chi connectivity index (χ1n) is 9.12. The van der Waals surface area contributed by atoms with Crippen LogP contribution in [0.4, 0.5) is 0 Å². The number of carboxylic acids is 1. The largest absolute Gasteiger partial charge is 0.480 e. The van der Waals surface area contributed by atoms with Gasteiger partial charge >= 0.3 is 5.97 Å². The lowest BCUT2D eigenvalue weighted by atomic mass is 10.1. The Morgan fingerprint density at radius 2 is 2.08 bits per heavy atom. The Labute approximate surface area is 159 Å². The molecule has 1 N–H and O–H groups in total. The maximum atomic E-state index is 11.0. The molecule has 1 atom stereocenters. The van der Waals surface area contributed by atoms with Gasteiger partial charge in [-0.2, -0.15) is 0 Å². The summed E-state index contributed by atoms with van der Waals surface area (Å²) in [7, 11) is 0. The summed E-state index contributed by atoms with van der Waals surface area (Å²) >= 11 is 6.01. The van der Waals surface area contributed by atoms with Gasteiger partial charge in [0.05, 0.1) is 11.4 Å². The molecule has 0 aliphatic heterocycles. The number of hydrogen-bond acceptors (Lipinski definition) is 3. The van der Waals surface area contributed by atoms with Gasteiger partial charge in [-0.1, -0.05) is 44.0 Å². The average molecular weight is 377 g/mol. The predicted molar refractivity (Wildman–Crippen MR) is 101 cm³/mol. The van der Waals surface area contributed by atoms with Crippen molar-refractivity contribution in [3.63, 3.8) is 0 Å². The average Bonchev–Trinajstić information content (AvgIpc) is 2.82. The third-order valence-corrected chi connectivity index (χ3v) is 4.98. The third-order valence-electron chi connectivity index (χ3n) is 4.73. The fourth-order valence-corrected chi connectivity index (χ4v) is 3.68. The molecule has 3 rings (SSSR count). The number of benzene rings is 1. The Morgan fingerprint density at radius 3 is 2.73 bits per heavy atom. The molecular formula is C20H25ClN2O3. The SMILES string of the molecule is CC(C)c1nc2c(n1Cc1ccc(Cl)cc1)C(OCC(=O)O)CCCC2. The Bertz CT molecular complexity index is 768. The molecule has 0 amide bonds. The molecule has 0 bridgehead atoms. The van der Waals surface area contributed by atoms with Gasteiger partial charge in [0.1, 0.15) is 18.5 Å². The fraction of sp³-hybridized carbons (Fsp3) is 0.500. The molecule has 5 nitrogen and oxygen atoms in total. The van der Waals surface area contributed by atoms with Crippen LogP contribution in [0, 0.1) is 0 Å². The van der Waals surface area contributed by atoms with Gasteiger partial charge in [0.2, 0.25) is 0 Å². The van der Waals surface area contributed by atoms with Crippen molar-refractivity contribution in [2.45, 2.75) is 58.1 Å². The third kappa shape index (κ3) is 4.27. The molecule has 26 heavy (non-hydrogen) atoms. The van der Waals surface area contributed by atoms with Crippen LogP contribution in [0.25, 0.3) is 0 Å². The zero-order chi connectivity index (χ0) is 18.7. The van der Waals surface area contributed by atoms with E-state index in [1.165, 1.54) is 0 Å². The number of fused-ring (bicyclic) bond motifs is 1. The lowest BCUT2D eigenvalue weighted by Crippen LogP contribution is -2.18. The molecule has 1 aliphatic carbocycles. The number of halogens is 1. The number of carbonyl (C=O) groups is 1. The monoisotopic (exact) mass is 376 g/mol. The highest BCUT2D eigenvalue weighted by molar-refractivity contribution is 6.30. The van der Waals surface area contributed by atoms with Crippen LogP contribution in [-0.4, -0.2) is 27.2 Å². The summed E-state index contributed by atoms with van der Waals surface area (Å²) in [4.78, 5) is 15.9. The van der Waals surface area contributed by atoms with Crippen LogP contribution >= 0.6 is 11.6 Å². The van der Waals surface area contributed by atoms with Gasteiger partial charge in [-0.05, 0) is 37.0 Å². The molecule has 0 saturated carbocycles. The lowest BCUT2D eigenvalue weighted by molar-refractivity contribution is -0.144. The number of hydrogen-bond donors (Lipinski definition) is 1. The van der Waals surface area contributed by atoms with E-state index in [0.29, 0.717) is 11.6 Å². The van der Waals surface area contributed by atoms with Crippen LogP contribution in [0.1, 0.15) is 67.9 Å². The number of carboxylic acid groups (broad SMARTS) is 1. The molecule has 1 aromatic carbocycles. The van der Waals surface area contributed by atoms with E-state index in [9.17, 15) is 4.79 Å². The van der Waals surface area contributed by atoms with E-state index >= 15 is 0 Å². The normalized spacial score (nSPS) is 17.2. The number of aryl methyl sites for hydroxylation is 1. The maximum Gasteiger partial charge on any atom is 0.329 e. The topological polar surface area (TPSA) is 64.4 Å². The predicted octanol–water partition coefficient (Wildman–Crippen LogP) is 4.58. The second-order valence-corrected chi connectivity index (χ2v) is 7.54. The van der Waals surface area contributed by atoms with Gasteiger partial charge < -0.3 is 14.4 Å². The summed E-state index contributed by atoms with van der Waals surface area (Å²) in [6, 6.07) is 7.81. The molecule has 0 fully saturated rings. The Morgan fingerprint density at radius 1 is 1.35 bits per heavy atom. The highest BCUT2D eigenvalue weighted by atomic mass is 35.5. The van der Waals surface area contributed by atoms with Crippen molar-refractivity contribution in [3.05, 3.63) is 52.1 Å². The van der Waals surface area contributed by atoms with Crippen LogP contribution in [0.5, 0.6) is 0 Å². The first kappa shape index (κ1) is 18.9. The molecule has 0 radical (unpaired) electrons. The van der Waals surface area contributed by atoms with Crippen molar-refractivity contribution in [3.8, 4) is 0 Å². The second kappa shape index (κ2) is 8.23. The molecule has 0 spiro atoms. The van der Waals surface area contributed by atoms with Crippen molar-refractivity contribution in [1.82, 2.24) is 9.55 Å². The van der Waals surface area contributed by atoms with Crippen molar-refractivity contribution in [2.75, 3.05) is 6.61 Å². The Hall–Kier alpha value is -1.85. The van der Waals surface area contributed by atoms with Gasteiger partial charge in [-0.25, -0.2) is 9.78 Å². The first-order chi connectivity index (χ1) is 12.5. The highest BCUT2D eigenvalue weighted by Gasteiger charge is 2.28. The molecule has 1 aliphatic rings. The minimum absolute atomic E-state index is 0.226. The quantitative estimate of drug-likeness (QED) is 0.749. The molecular weight excluding hydrogens is 352 g/mol. The zero-order valence-electron chi connectivity index (χ0n) is 15.2. The van der Waals surface area contributed by atoms with Gasteiger partial charge in [-0.3, -0.25) is 0 Å². The van der Waals surface area contributed by atoms with Gasteiger partial charge in [-0.15, -0.1) is 0 Å². The smallest absolute Gasteiger partial charge is 0.329 e. The van der Waals surface area contributed by atoms with Gasteiger partial charge in [0.15, 0.2) is 0 Å². The minimum atomic E-state index is -0.941. The lowest BCUT2D eigenvalue weighted by Gasteiger charge is -2.21. The summed E-state index contributed by atoms with van der Waals surface area (Å²) in [5.74, 6) is 0.355. The number of rotatable bonds is 6. The van der Waals surface area contributed by atoms with Crippen LogP contribution in [0.15, 0.2) is 24.3 Å². The van der Waals surface area contributed by atoms with Gasteiger partial charge in [0.25, 0.3) is 0 Å². The van der Waals surface area contributed by atoms with Crippen LogP contribution in [-0.2, 0) is 22.5 Å². The number of aliphatic carboxylic acids is 1. The summed E-state index contributed by atoms with van der Waals surface area (Å²) in [6.07, 6.45) is 3.57. The van der Waals surface area contributed by atoms with Crippen molar-refractivity contribution < 1.29 is 14.6 Å². The first-order valence-corrected chi connectivity index (χ1v) is 9.50. The molecule has 1 aromatic heterocycles. The Balaban J connectivity index is 2.01. The molecule has 6 heteroatoms. The van der Waals surface area contributed by atoms with Crippen molar-refractivity contribution in [2.24, 2.45) is 0 Å². The molecule has 140 valence electrons. The number of nitrogens with zero attached hydrogens (tertiary/aromatic N) is 2. The van der Waals surface area contributed by atoms with Crippen molar-refractivity contribution >= 4 is 17.6 Å². The van der Waals surface area contributed by atoms with Gasteiger partial charge in [0, 0.05) is 17.5 Å². The van der Waals surface area contributed by atoms with E-state index in [1.807, 2.05) is 24.3 Å². The summed E-state index contributed by atoms with van der Waals surface area (Å²) in [5, 5.41) is 9.74. The van der Waals surface area contributed by atoms with Crippen LogP contribution in [0.2, 0.25) is 5.02 Å². The van der Waals surface area contributed by atoms with E-state index < -0.39 is 5.97 Å². The maximum absolute atomic E-state index is 11.0. The highest BCUT2D eigenvalue weighted by Crippen LogP contribution is 2.34. The summed E-state index contributed by atoms with van der Waals surface area (Å²) in [6.45, 7) is 4.66. The number of ether oxygens (including phenoxy) is 1. The van der Waals surface area contributed by atoms with E-state index in [2.05, 4.69) is 18.4 Å². The van der Waals surface area contributed by atoms with E-state index in [-0.39, 0.29) is 18.6 Å². The molecule has 1 heterocycles. The number of imidazole rings is 1. The zero-order valence-corrected chi connectivity index (χ0v) is 16.0.